The Kier molecular flexibility index (Phi) is 3.86. The molecule has 0 aromatic heterocycles. The number of halogens is 2. The minimum atomic E-state index is -1.55. The van der Waals surface area contributed by atoms with Crippen LogP contribution in [0.1, 0.15) is 5.56 Å². The third kappa shape index (κ3) is 2.67. The molecule has 0 amide bonds. The van der Waals surface area contributed by atoms with Crippen LogP contribution in [-0.4, -0.2) is 18.8 Å². The van der Waals surface area contributed by atoms with E-state index in [1.54, 1.807) is 18.2 Å². The van der Waals surface area contributed by atoms with Gasteiger partial charge >= 0.3 is 0 Å². The summed E-state index contributed by atoms with van der Waals surface area (Å²) in [6, 6.07) is 7.12. The predicted molar refractivity (Wildman–Crippen MR) is 57.1 cm³/mol. The maximum absolute atomic E-state index is 13.8. The van der Waals surface area contributed by atoms with Crippen LogP contribution < -0.4 is 11.5 Å². The van der Waals surface area contributed by atoms with E-state index in [-0.39, 0.29) is 19.5 Å². The Hall–Kier alpha value is -0.640. The molecule has 1 aromatic carbocycles. The van der Waals surface area contributed by atoms with Crippen LogP contribution in [0.4, 0.5) is 4.39 Å². The van der Waals surface area contributed by atoms with Gasteiger partial charge in [0.15, 0.2) is 0 Å². The van der Waals surface area contributed by atoms with E-state index in [0.717, 1.165) is 5.56 Å². The minimum absolute atomic E-state index is 0.0886. The molecule has 1 rings (SSSR count). The summed E-state index contributed by atoms with van der Waals surface area (Å²) in [7, 11) is 0. The largest absolute Gasteiger partial charge is 0.327 e. The first-order chi connectivity index (χ1) is 6.61. The van der Waals surface area contributed by atoms with Crippen LogP contribution in [0, 0.1) is 0 Å². The number of hydrogen-bond donors (Lipinski definition) is 2. The molecule has 4 heteroatoms. The lowest BCUT2D eigenvalue weighted by Crippen LogP contribution is -2.42. The third-order valence-electron chi connectivity index (χ3n) is 2.20. The fourth-order valence-corrected chi connectivity index (χ4v) is 1.41. The second-order valence-electron chi connectivity index (χ2n) is 3.33. The number of alkyl halides is 1. The van der Waals surface area contributed by atoms with Crippen LogP contribution in [0.5, 0.6) is 0 Å². The highest BCUT2D eigenvalue weighted by molar-refractivity contribution is 6.31. The average Bonchev–Trinajstić information content (AvgIpc) is 2.21. The molecule has 0 saturated carbocycles. The van der Waals surface area contributed by atoms with Gasteiger partial charge in [-0.2, -0.15) is 0 Å². The lowest BCUT2D eigenvalue weighted by Gasteiger charge is -2.21. The van der Waals surface area contributed by atoms with Gasteiger partial charge in [0.05, 0.1) is 0 Å². The molecular formula is C10H14ClFN2. The van der Waals surface area contributed by atoms with E-state index < -0.39 is 5.67 Å². The van der Waals surface area contributed by atoms with Gasteiger partial charge in [-0.15, -0.1) is 0 Å². The van der Waals surface area contributed by atoms with E-state index >= 15 is 0 Å². The molecule has 0 spiro atoms. The first kappa shape index (κ1) is 11.4. The second-order valence-corrected chi connectivity index (χ2v) is 3.73. The Morgan fingerprint density at radius 3 is 2.29 bits per heavy atom. The lowest BCUT2D eigenvalue weighted by atomic mass is 9.96. The first-order valence-electron chi connectivity index (χ1n) is 4.44. The van der Waals surface area contributed by atoms with Gasteiger partial charge in [0.2, 0.25) is 0 Å². The molecule has 0 aliphatic carbocycles. The molecule has 4 N–H and O–H groups in total. The van der Waals surface area contributed by atoms with Crippen LogP contribution in [-0.2, 0) is 6.42 Å². The summed E-state index contributed by atoms with van der Waals surface area (Å²) < 4.78 is 13.8. The Balaban J connectivity index is 2.82. The Labute approximate surface area is 88.0 Å². The van der Waals surface area contributed by atoms with Crippen molar-refractivity contribution in [3.8, 4) is 0 Å². The van der Waals surface area contributed by atoms with Crippen molar-refractivity contribution in [2.75, 3.05) is 13.1 Å². The Morgan fingerprint density at radius 1 is 1.21 bits per heavy atom. The molecule has 0 atom stereocenters. The SMILES string of the molecule is NCC(F)(CN)Cc1ccccc1Cl. The number of rotatable bonds is 4. The molecule has 0 bridgehead atoms. The van der Waals surface area contributed by atoms with Gasteiger partial charge in [-0.25, -0.2) is 4.39 Å². The highest BCUT2D eigenvalue weighted by Gasteiger charge is 2.27. The zero-order chi connectivity index (χ0) is 10.6. The lowest BCUT2D eigenvalue weighted by molar-refractivity contribution is 0.184. The second kappa shape index (κ2) is 4.73. The van der Waals surface area contributed by atoms with E-state index in [1.807, 2.05) is 6.07 Å². The van der Waals surface area contributed by atoms with Gasteiger partial charge in [0.1, 0.15) is 5.67 Å². The Bertz CT molecular complexity index is 300. The van der Waals surface area contributed by atoms with E-state index in [0.29, 0.717) is 5.02 Å². The van der Waals surface area contributed by atoms with Gasteiger partial charge in [-0.1, -0.05) is 29.8 Å². The molecule has 0 radical (unpaired) electrons. The summed E-state index contributed by atoms with van der Waals surface area (Å²) in [6.07, 6.45) is 0.166. The first-order valence-corrected chi connectivity index (χ1v) is 4.81. The summed E-state index contributed by atoms with van der Waals surface area (Å²) >= 11 is 5.90. The summed E-state index contributed by atoms with van der Waals surface area (Å²) in [5, 5.41) is 0.552. The van der Waals surface area contributed by atoms with Crippen LogP contribution in [0.15, 0.2) is 24.3 Å². The van der Waals surface area contributed by atoms with E-state index in [1.165, 1.54) is 0 Å². The minimum Gasteiger partial charge on any atom is -0.327 e. The molecule has 0 saturated heterocycles. The summed E-state index contributed by atoms with van der Waals surface area (Å²) in [5.41, 5.74) is 9.83. The standard InChI is InChI=1S/C10H14ClFN2/c11-9-4-2-1-3-8(9)5-10(12,6-13)7-14/h1-4H,5-7,13-14H2. The predicted octanol–water partition coefficient (Wildman–Crippen LogP) is 1.51. The van der Waals surface area contributed by atoms with Gasteiger partial charge in [0.25, 0.3) is 0 Å². The van der Waals surface area contributed by atoms with Crippen molar-refractivity contribution in [1.29, 1.82) is 0 Å². The molecule has 1 aromatic rings. The molecule has 14 heavy (non-hydrogen) atoms. The van der Waals surface area contributed by atoms with Crippen LogP contribution >= 0.6 is 11.6 Å². The molecular weight excluding hydrogens is 203 g/mol. The van der Waals surface area contributed by atoms with Crippen LogP contribution in [0.25, 0.3) is 0 Å². The molecule has 2 nitrogen and oxygen atoms in total. The average molecular weight is 217 g/mol. The monoisotopic (exact) mass is 216 g/mol. The summed E-state index contributed by atoms with van der Waals surface area (Å²) in [6.45, 7) is -0.177. The van der Waals surface area contributed by atoms with Crippen molar-refractivity contribution in [3.05, 3.63) is 34.9 Å². The highest BCUT2D eigenvalue weighted by Crippen LogP contribution is 2.22. The molecule has 0 aliphatic rings. The van der Waals surface area contributed by atoms with Gasteiger partial charge < -0.3 is 11.5 Å². The smallest absolute Gasteiger partial charge is 0.139 e. The maximum Gasteiger partial charge on any atom is 0.139 e. The third-order valence-corrected chi connectivity index (χ3v) is 2.57. The fourth-order valence-electron chi connectivity index (χ4n) is 1.21. The number of hydrogen-bond acceptors (Lipinski definition) is 2. The zero-order valence-corrected chi connectivity index (χ0v) is 8.60. The van der Waals surface area contributed by atoms with Gasteiger partial charge in [0, 0.05) is 24.5 Å². The highest BCUT2D eigenvalue weighted by atomic mass is 35.5. The molecule has 0 heterocycles. The Morgan fingerprint density at radius 2 is 1.79 bits per heavy atom. The van der Waals surface area contributed by atoms with Gasteiger partial charge in [-0.3, -0.25) is 0 Å². The van der Waals surface area contributed by atoms with Gasteiger partial charge in [-0.05, 0) is 11.6 Å². The summed E-state index contributed by atoms with van der Waals surface area (Å²) in [4.78, 5) is 0. The van der Waals surface area contributed by atoms with Crippen molar-refractivity contribution in [1.82, 2.24) is 0 Å². The molecule has 0 aliphatic heterocycles. The van der Waals surface area contributed by atoms with E-state index in [9.17, 15) is 4.39 Å². The van der Waals surface area contributed by atoms with Crippen molar-refractivity contribution >= 4 is 11.6 Å². The quantitative estimate of drug-likeness (QED) is 0.802. The zero-order valence-electron chi connectivity index (χ0n) is 7.84. The fraction of sp³-hybridized carbons (Fsp3) is 0.400. The maximum atomic E-state index is 13.8. The van der Waals surface area contributed by atoms with Crippen molar-refractivity contribution in [3.63, 3.8) is 0 Å². The van der Waals surface area contributed by atoms with Crippen molar-refractivity contribution < 1.29 is 4.39 Å². The van der Waals surface area contributed by atoms with Crippen LogP contribution in [0.2, 0.25) is 5.02 Å². The number of benzene rings is 1. The van der Waals surface area contributed by atoms with E-state index in [2.05, 4.69) is 0 Å². The topological polar surface area (TPSA) is 52.0 Å². The van der Waals surface area contributed by atoms with Crippen molar-refractivity contribution in [2.24, 2.45) is 11.5 Å². The molecule has 0 fully saturated rings. The van der Waals surface area contributed by atoms with E-state index in [4.69, 9.17) is 23.1 Å². The normalized spacial score (nSPS) is 11.7. The number of nitrogens with two attached hydrogens (primary N) is 2. The van der Waals surface area contributed by atoms with Crippen molar-refractivity contribution in [2.45, 2.75) is 12.1 Å². The summed E-state index contributed by atoms with van der Waals surface area (Å²) in [5.74, 6) is 0. The molecule has 78 valence electrons. The molecule has 0 unspecified atom stereocenters. The van der Waals surface area contributed by atoms with Crippen LogP contribution in [0.3, 0.4) is 0 Å².